The number of benzene rings is 2. The molecule has 1 aliphatic heterocycles. The first-order chi connectivity index (χ1) is 8.31. The summed E-state index contributed by atoms with van der Waals surface area (Å²) in [6, 6.07) is 13.4. The van der Waals surface area contributed by atoms with Gasteiger partial charge in [-0.1, -0.05) is 0 Å². The molecule has 2 aromatic carbocycles. The molecular formula is C13H9IO3. The summed E-state index contributed by atoms with van der Waals surface area (Å²) in [4.78, 5) is 0. The van der Waals surface area contributed by atoms with Crippen LogP contribution >= 0.6 is 22.6 Å². The first-order valence-corrected chi connectivity index (χ1v) is 6.22. The third-order valence-electron chi connectivity index (χ3n) is 2.39. The monoisotopic (exact) mass is 340 g/mol. The van der Waals surface area contributed by atoms with Gasteiger partial charge in [0.05, 0.1) is 0 Å². The fourth-order valence-corrected chi connectivity index (χ4v) is 1.94. The molecule has 0 radical (unpaired) electrons. The molecule has 0 fully saturated rings. The maximum atomic E-state index is 5.72. The highest BCUT2D eigenvalue weighted by atomic mass is 127. The third-order valence-corrected chi connectivity index (χ3v) is 3.11. The molecule has 0 saturated heterocycles. The highest BCUT2D eigenvalue weighted by molar-refractivity contribution is 14.1. The maximum Gasteiger partial charge on any atom is 0.231 e. The molecule has 86 valence electrons. The predicted octanol–water partition coefficient (Wildman–Crippen LogP) is 3.81. The van der Waals surface area contributed by atoms with Crippen LogP contribution in [0.4, 0.5) is 0 Å². The van der Waals surface area contributed by atoms with Crippen molar-refractivity contribution < 1.29 is 14.2 Å². The molecule has 0 aliphatic carbocycles. The van der Waals surface area contributed by atoms with E-state index in [1.807, 2.05) is 42.5 Å². The number of hydrogen-bond donors (Lipinski definition) is 0. The van der Waals surface area contributed by atoms with Crippen LogP contribution in [0, 0.1) is 3.57 Å². The summed E-state index contributed by atoms with van der Waals surface area (Å²) in [5.41, 5.74) is 0. The number of halogens is 1. The van der Waals surface area contributed by atoms with Crippen molar-refractivity contribution in [3.8, 4) is 23.0 Å². The lowest BCUT2D eigenvalue weighted by Gasteiger charge is -2.06. The van der Waals surface area contributed by atoms with Crippen LogP contribution in [-0.2, 0) is 0 Å². The van der Waals surface area contributed by atoms with E-state index < -0.39 is 0 Å². The highest BCUT2D eigenvalue weighted by Crippen LogP contribution is 2.36. The number of hydrogen-bond acceptors (Lipinski definition) is 3. The predicted molar refractivity (Wildman–Crippen MR) is 71.8 cm³/mol. The van der Waals surface area contributed by atoms with Crippen molar-refractivity contribution in [3.05, 3.63) is 46.0 Å². The highest BCUT2D eigenvalue weighted by Gasteiger charge is 2.13. The summed E-state index contributed by atoms with van der Waals surface area (Å²) in [5.74, 6) is 3.05. The summed E-state index contributed by atoms with van der Waals surface area (Å²) in [6.45, 7) is 0.280. The van der Waals surface area contributed by atoms with Gasteiger partial charge in [0.15, 0.2) is 11.5 Å². The molecule has 1 heterocycles. The summed E-state index contributed by atoms with van der Waals surface area (Å²) < 4.78 is 17.4. The maximum absolute atomic E-state index is 5.72. The second kappa shape index (κ2) is 4.44. The van der Waals surface area contributed by atoms with Crippen LogP contribution in [0.5, 0.6) is 23.0 Å². The van der Waals surface area contributed by atoms with Gasteiger partial charge in [-0.25, -0.2) is 0 Å². The van der Waals surface area contributed by atoms with Gasteiger partial charge < -0.3 is 14.2 Å². The van der Waals surface area contributed by atoms with Gasteiger partial charge in [0.1, 0.15) is 11.5 Å². The molecule has 0 unspecified atom stereocenters. The third kappa shape index (κ3) is 2.31. The molecular weight excluding hydrogens is 331 g/mol. The van der Waals surface area contributed by atoms with Crippen molar-refractivity contribution >= 4 is 22.6 Å². The Morgan fingerprint density at radius 1 is 0.882 bits per heavy atom. The largest absolute Gasteiger partial charge is 0.457 e. The molecule has 3 rings (SSSR count). The van der Waals surface area contributed by atoms with E-state index >= 15 is 0 Å². The van der Waals surface area contributed by atoms with Gasteiger partial charge in [-0.15, -0.1) is 0 Å². The fourth-order valence-electron chi connectivity index (χ4n) is 1.58. The Hall–Kier alpha value is -1.43. The molecule has 2 aromatic rings. The molecule has 17 heavy (non-hydrogen) atoms. The summed E-state index contributed by atoms with van der Waals surface area (Å²) in [6.07, 6.45) is 0. The van der Waals surface area contributed by atoms with E-state index in [2.05, 4.69) is 22.6 Å². The van der Waals surface area contributed by atoms with Crippen LogP contribution < -0.4 is 14.2 Å². The first-order valence-electron chi connectivity index (χ1n) is 5.14. The lowest BCUT2D eigenvalue weighted by molar-refractivity contribution is 0.174. The quantitative estimate of drug-likeness (QED) is 0.778. The van der Waals surface area contributed by atoms with Crippen molar-refractivity contribution in [1.29, 1.82) is 0 Å². The smallest absolute Gasteiger partial charge is 0.231 e. The van der Waals surface area contributed by atoms with Crippen molar-refractivity contribution in [2.45, 2.75) is 0 Å². The Kier molecular flexibility index (Phi) is 2.80. The van der Waals surface area contributed by atoms with E-state index in [9.17, 15) is 0 Å². The van der Waals surface area contributed by atoms with Crippen LogP contribution in [0.15, 0.2) is 42.5 Å². The topological polar surface area (TPSA) is 27.7 Å². The van der Waals surface area contributed by atoms with Crippen LogP contribution in [0.3, 0.4) is 0 Å². The SMILES string of the molecule is Ic1ccc(Oc2ccc3c(c2)OCO3)cc1. The van der Waals surface area contributed by atoms with Crippen molar-refractivity contribution in [2.24, 2.45) is 0 Å². The van der Waals surface area contributed by atoms with Crippen molar-refractivity contribution in [3.63, 3.8) is 0 Å². The van der Waals surface area contributed by atoms with Gasteiger partial charge in [0.2, 0.25) is 6.79 Å². The molecule has 0 aromatic heterocycles. The first kappa shape index (κ1) is 10.7. The number of rotatable bonds is 2. The average molecular weight is 340 g/mol. The van der Waals surface area contributed by atoms with E-state index in [4.69, 9.17) is 14.2 Å². The van der Waals surface area contributed by atoms with Gasteiger partial charge in [0.25, 0.3) is 0 Å². The van der Waals surface area contributed by atoms with E-state index in [1.165, 1.54) is 3.57 Å². The minimum atomic E-state index is 0.280. The zero-order valence-electron chi connectivity index (χ0n) is 8.85. The average Bonchev–Trinajstić information content (AvgIpc) is 2.79. The standard InChI is InChI=1S/C13H9IO3/c14-9-1-3-10(4-2-9)17-11-5-6-12-13(7-11)16-8-15-12/h1-7H,8H2. The van der Waals surface area contributed by atoms with Crippen LogP contribution in [0.1, 0.15) is 0 Å². The lowest BCUT2D eigenvalue weighted by Crippen LogP contribution is -1.92. The minimum Gasteiger partial charge on any atom is -0.457 e. The molecule has 0 amide bonds. The lowest BCUT2D eigenvalue weighted by atomic mass is 10.3. The van der Waals surface area contributed by atoms with Crippen LogP contribution in [0.2, 0.25) is 0 Å². The zero-order valence-corrected chi connectivity index (χ0v) is 11.0. The molecule has 0 saturated carbocycles. The molecule has 0 bridgehead atoms. The second-order valence-corrected chi connectivity index (χ2v) is 4.82. The van der Waals surface area contributed by atoms with E-state index in [-0.39, 0.29) is 6.79 Å². The summed E-state index contributed by atoms with van der Waals surface area (Å²) >= 11 is 2.26. The molecule has 0 N–H and O–H groups in total. The molecule has 0 atom stereocenters. The number of fused-ring (bicyclic) bond motifs is 1. The van der Waals surface area contributed by atoms with Gasteiger partial charge in [-0.05, 0) is 59.0 Å². The molecule has 1 aliphatic rings. The molecule has 3 nitrogen and oxygen atoms in total. The van der Waals surface area contributed by atoms with E-state index in [0.29, 0.717) is 0 Å². The molecule has 0 spiro atoms. The Balaban J connectivity index is 1.83. The van der Waals surface area contributed by atoms with Gasteiger partial charge in [-0.2, -0.15) is 0 Å². The normalized spacial score (nSPS) is 12.5. The van der Waals surface area contributed by atoms with E-state index in [0.717, 1.165) is 23.0 Å². The summed E-state index contributed by atoms with van der Waals surface area (Å²) in [7, 11) is 0. The Morgan fingerprint density at radius 3 is 2.41 bits per heavy atom. The van der Waals surface area contributed by atoms with E-state index in [1.54, 1.807) is 0 Å². The van der Waals surface area contributed by atoms with Gasteiger partial charge in [-0.3, -0.25) is 0 Å². The van der Waals surface area contributed by atoms with Crippen LogP contribution in [-0.4, -0.2) is 6.79 Å². The fraction of sp³-hybridized carbons (Fsp3) is 0.0769. The minimum absolute atomic E-state index is 0.280. The van der Waals surface area contributed by atoms with Crippen molar-refractivity contribution in [2.75, 3.05) is 6.79 Å². The summed E-state index contributed by atoms with van der Waals surface area (Å²) in [5, 5.41) is 0. The van der Waals surface area contributed by atoms with Crippen LogP contribution in [0.25, 0.3) is 0 Å². The Morgan fingerprint density at radius 2 is 1.59 bits per heavy atom. The Labute approximate surface area is 112 Å². The zero-order chi connectivity index (χ0) is 11.7. The Bertz CT molecular complexity index is 537. The van der Waals surface area contributed by atoms with Gasteiger partial charge in [0, 0.05) is 9.64 Å². The second-order valence-electron chi connectivity index (χ2n) is 3.57. The van der Waals surface area contributed by atoms with Crippen molar-refractivity contribution in [1.82, 2.24) is 0 Å². The van der Waals surface area contributed by atoms with Gasteiger partial charge >= 0.3 is 0 Å². The number of ether oxygens (including phenoxy) is 3. The molecule has 4 heteroatoms.